The Kier molecular flexibility index (Phi) is 7.15. The molecule has 0 amide bonds. The molecule has 2 saturated heterocycles. The maximum Gasteiger partial charge on any atom is 0.437 e. The molecule has 0 N–H and O–H groups in total. The molecule has 238 valence electrons. The van der Waals surface area contributed by atoms with Gasteiger partial charge in [-0.1, -0.05) is 23.7 Å². The zero-order valence-electron chi connectivity index (χ0n) is 25.5. The minimum atomic E-state index is -1.28. The third-order valence-corrected chi connectivity index (χ3v) is 9.60. The maximum atomic E-state index is 14.9. The van der Waals surface area contributed by atoms with Crippen LogP contribution in [0.4, 0.5) is 4.39 Å². The Morgan fingerprint density at radius 2 is 1.89 bits per heavy atom. The first kappa shape index (κ1) is 29.2. The molecule has 5 heterocycles. The first-order chi connectivity index (χ1) is 22.2. The highest BCUT2D eigenvalue weighted by molar-refractivity contribution is 6.30. The van der Waals surface area contributed by atoms with Gasteiger partial charge in [0.2, 0.25) is 5.89 Å². The quantitative estimate of drug-likeness (QED) is 0.213. The molecule has 12 heteroatoms. The Morgan fingerprint density at radius 3 is 2.61 bits per heavy atom. The van der Waals surface area contributed by atoms with Gasteiger partial charge in [-0.15, -0.1) is 5.10 Å². The smallest absolute Gasteiger partial charge is 0.437 e. The number of halogens is 2. The molecule has 8 rings (SSSR count). The monoisotopic (exact) mass is 645 g/mol. The summed E-state index contributed by atoms with van der Waals surface area (Å²) in [5, 5.41) is 4.52. The number of nitrogens with zero attached hydrogens (tertiary/aromatic N) is 5. The molecule has 2 fully saturated rings. The van der Waals surface area contributed by atoms with Crippen LogP contribution in [0.25, 0.3) is 22.5 Å². The van der Waals surface area contributed by atoms with Crippen LogP contribution >= 0.6 is 11.6 Å². The molecule has 0 saturated carbocycles. The van der Waals surface area contributed by atoms with Crippen molar-refractivity contribution >= 4 is 22.6 Å². The maximum absolute atomic E-state index is 14.9. The van der Waals surface area contributed by atoms with Crippen molar-refractivity contribution in [2.45, 2.75) is 57.1 Å². The number of imidazole rings is 1. The van der Waals surface area contributed by atoms with Gasteiger partial charge in [-0.05, 0) is 80.7 Å². The molecule has 0 spiro atoms. The fourth-order valence-electron chi connectivity index (χ4n) is 6.77. The Balaban J connectivity index is 1.00. The van der Waals surface area contributed by atoms with E-state index in [0.29, 0.717) is 34.2 Å². The number of piperidine rings is 1. The van der Waals surface area contributed by atoms with E-state index in [0.717, 1.165) is 67.9 Å². The average Bonchev–Trinajstić information content (AvgIpc) is 3.66. The molecule has 5 aromatic rings. The summed E-state index contributed by atoms with van der Waals surface area (Å²) in [5.74, 6) is 0.566. The van der Waals surface area contributed by atoms with E-state index in [4.69, 9.17) is 35.2 Å². The number of fused-ring (bicyclic) bond motifs is 2. The van der Waals surface area contributed by atoms with Crippen LogP contribution < -0.4 is 15.2 Å². The van der Waals surface area contributed by atoms with Crippen molar-refractivity contribution < 1.29 is 23.0 Å². The van der Waals surface area contributed by atoms with Gasteiger partial charge in [0.25, 0.3) is 5.79 Å². The second-order valence-electron chi connectivity index (χ2n) is 12.4. The zero-order valence-corrected chi connectivity index (χ0v) is 26.3. The Labute approximate surface area is 269 Å². The van der Waals surface area contributed by atoms with Gasteiger partial charge in [0.05, 0.1) is 35.8 Å². The van der Waals surface area contributed by atoms with Gasteiger partial charge >= 0.3 is 5.76 Å². The fraction of sp³-hybridized carbons (Fsp3) is 0.382. The standard InChI is InChI=1S/C34H33ClFN5O5/c1-34(25-8-7-22(35)17-26(25)36)45-29-5-3-4-24(31(29)46-34)20-10-13-40(14-11-20)19-30-37-27-16-21(32-38-39(2)33(42)44-32)6-9-28(27)41(30)18-23-12-15-43-23/h3-9,16-17,20,23H,10-15,18-19H2,1-2H3/t23-,34?/m0/s1. The second kappa shape index (κ2) is 11.3. The summed E-state index contributed by atoms with van der Waals surface area (Å²) in [7, 11) is 1.56. The molecule has 3 aromatic carbocycles. The van der Waals surface area contributed by atoms with Crippen LogP contribution in [0.2, 0.25) is 5.02 Å². The first-order valence-corrected chi connectivity index (χ1v) is 16.0. The van der Waals surface area contributed by atoms with Crippen LogP contribution in [0, 0.1) is 5.82 Å². The molecular weight excluding hydrogens is 613 g/mol. The van der Waals surface area contributed by atoms with Gasteiger partial charge < -0.3 is 23.2 Å². The molecule has 0 bridgehead atoms. The highest BCUT2D eigenvalue weighted by Gasteiger charge is 2.43. The number of hydrogen-bond donors (Lipinski definition) is 0. The summed E-state index contributed by atoms with van der Waals surface area (Å²) in [6.07, 6.45) is 3.06. The van der Waals surface area contributed by atoms with E-state index in [1.165, 1.54) is 10.7 Å². The van der Waals surface area contributed by atoms with Gasteiger partial charge in [0, 0.05) is 36.7 Å². The van der Waals surface area contributed by atoms with E-state index >= 15 is 0 Å². The number of aryl methyl sites for hydroxylation is 1. The Morgan fingerprint density at radius 1 is 1.07 bits per heavy atom. The molecule has 1 unspecified atom stereocenters. The minimum absolute atomic E-state index is 0.171. The summed E-state index contributed by atoms with van der Waals surface area (Å²) >= 11 is 5.99. The molecular formula is C34H33ClFN5O5. The van der Waals surface area contributed by atoms with E-state index in [1.807, 2.05) is 30.3 Å². The lowest BCUT2D eigenvalue weighted by molar-refractivity contribution is -0.0712. The lowest BCUT2D eigenvalue weighted by atomic mass is 9.88. The molecule has 46 heavy (non-hydrogen) atoms. The number of aromatic nitrogens is 4. The first-order valence-electron chi connectivity index (χ1n) is 15.6. The predicted octanol–water partition coefficient (Wildman–Crippen LogP) is 6.00. The predicted molar refractivity (Wildman–Crippen MR) is 169 cm³/mol. The molecule has 10 nitrogen and oxygen atoms in total. The zero-order chi connectivity index (χ0) is 31.6. The van der Waals surface area contributed by atoms with E-state index < -0.39 is 17.4 Å². The van der Waals surface area contributed by atoms with Gasteiger partial charge in [-0.25, -0.2) is 14.2 Å². The summed E-state index contributed by atoms with van der Waals surface area (Å²) in [6.45, 7) is 5.72. The average molecular weight is 646 g/mol. The van der Waals surface area contributed by atoms with Crippen LogP contribution in [-0.4, -0.2) is 50.0 Å². The van der Waals surface area contributed by atoms with Crippen LogP contribution in [-0.2, 0) is 30.7 Å². The SMILES string of the molecule is Cn1nc(-c2ccc3c(c2)nc(CN2CCC(c4cccc5c4OC(C)(c4ccc(Cl)cc4F)O5)CC2)n3C[C@@H]2CCO2)oc1=O. The third-order valence-electron chi connectivity index (χ3n) is 9.37. The van der Waals surface area contributed by atoms with Crippen LogP contribution in [0.15, 0.2) is 63.8 Å². The van der Waals surface area contributed by atoms with Crippen molar-refractivity contribution in [3.63, 3.8) is 0 Å². The summed E-state index contributed by atoms with van der Waals surface area (Å²) in [4.78, 5) is 19.3. The second-order valence-corrected chi connectivity index (χ2v) is 12.9. The van der Waals surface area contributed by atoms with E-state index in [9.17, 15) is 9.18 Å². The van der Waals surface area contributed by atoms with Gasteiger partial charge in [-0.3, -0.25) is 4.90 Å². The molecule has 3 aliphatic heterocycles. The summed E-state index contributed by atoms with van der Waals surface area (Å²) < 4.78 is 42.0. The number of rotatable bonds is 7. The molecule has 0 aliphatic carbocycles. The lowest BCUT2D eigenvalue weighted by Crippen LogP contribution is -2.35. The highest BCUT2D eigenvalue weighted by atomic mass is 35.5. The van der Waals surface area contributed by atoms with E-state index in [-0.39, 0.29) is 17.9 Å². The molecule has 2 atom stereocenters. The Hall–Kier alpha value is -4.19. The van der Waals surface area contributed by atoms with Gasteiger partial charge in [-0.2, -0.15) is 4.68 Å². The fourth-order valence-corrected chi connectivity index (χ4v) is 6.93. The normalized spacial score (nSPS) is 21.6. The molecule has 0 radical (unpaired) electrons. The number of para-hydroxylation sites is 1. The van der Waals surface area contributed by atoms with Crippen molar-refractivity contribution in [1.29, 1.82) is 0 Å². The molecule has 3 aliphatic rings. The third kappa shape index (κ3) is 5.16. The minimum Gasteiger partial charge on any atom is -0.444 e. The van der Waals surface area contributed by atoms with Gasteiger partial charge in [0.15, 0.2) is 11.5 Å². The number of hydrogen-bond acceptors (Lipinski definition) is 8. The Bertz CT molecular complexity index is 2010. The van der Waals surface area contributed by atoms with Crippen LogP contribution in [0.1, 0.15) is 49.1 Å². The number of ether oxygens (including phenoxy) is 3. The lowest BCUT2D eigenvalue weighted by Gasteiger charge is -2.33. The van der Waals surface area contributed by atoms with Crippen LogP contribution in [0.3, 0.4) is 0 Å². The summed E-state index contributed by atoms with van der Waals surface area (Å²) in [5.41, 5.74) is 3.93. The summed E-state index contributed by atoms with van der Waals surface area (Å²) in [6, 6.07) is 16.3. The number of benzene rings is 3. The van der Waals surface area contributed by atoms with Crippen molar-refractivity contribution in [1.82, 2.24) is 24.2 Å². The largest absolute Gasteiger partial charge is 0.444 e. The van der Waals surface area contributed by atoms with Crippen molar-refractivity contribution in [2.24, 2.45) is 7.05 Å². The van der Waals surface area contributed by atoms with Gasteiger partial charge in [0.1, 0.15) is 11.6 Å². The number of likely N-dealkylation sites (tertiary alicyclic amines) is 1. The topological polar surface area (TPSA) is 96.8 Å². The van der Waals surface area contributed by atoms with E-state index in [1.54, 1.807) is 26.1 Å². The van der Waals surface area contributed by atoms with Crippen molar-refractivity contribution in [2.75, 3.05) is 19.7 Å². The van der Waals surface area contributed by atoms with Crippen molar-refractivity contribution in [3.05, 3.63) is 92.9 Å². The van der Waals surface area contributed by atoms with Crippen LogP contribution in [0.5, 0.6) is 11.5 Å². The van der Waals surface area contributed by atoms with Crippen molar-refractivity contribution in [3.8, 4) is 23.0 Å². The van der Waals surface area contributed by atoms with E-state index in [2.05, 4.69) is 20.6 Å². The highest BCUT2D eigenvalue weighted by Crippen LogP contribution is 2.50. The molecule has 2 aromatic heterocycles.